The number of anilines is 1. The number of benzene rings is 2. The standard InChI is InChI=1S/C15H15N3O3/c1-18(15(19)21-13-8-3-2-4-9-13)12-7-5-6-11(10-12)14(16)17-20/h2-10,20H,1H3,(H2,16,17). The lowest BCUT2D eigenvalue weighted by Gasteiger charge is -2.17. The summed E-state index contributed by atoms with van der Waals surface area (Å²) in [6.45, 7) is 0. The van der Waals surface area contributed by atoms with Crippen molar-refractivity contribution in [3.8, 4) is 5.75 Å². The van der Waals surface area contributed by atoms with Crippen LogP contribution in [0.2, 0.25) is 0 Å². The third kappa shape index (κ3) is 3.50. The van der Waals surface area contributed by atoms with E-state index in [2.05, 4.69) is 5.16 Å². The second kappa shape index (κ2) is 6.42. The lowest BCUT2D eigenvalue weighted by molar-refractivity contribution is 0.209. The molecule has 0 saturated carbocycles. The number of ether oxygens (including phenoxy) is 1. The molecule has 0 spiro atoms. The maximum absolute atomic E-state index is 12.1. The van der Waals surface area contributed by atoms with Gasteiger partial charge in [-0.2, -0.15) is 0 Å². The normalized spacial score (nSPS) is 11.0. The number of oxime groups is 1. The molecule has 0 heterocycles. The molecule has 0 bridgehead atoms. The number of nitrogens with zero attached hydrogens (tertiary/aromatic N) is 2. The Bertz CT molecular complexity index is 656. The van der Waals surface area contributed by atoms with Crippen molar-refractivity contribution in [1.82, 2.24) is 0 Å². The molecule has 2 aromatic rings. The van der Waals surface area contributed by atoms with E-state index in [0.717, 1.165) is 0 Å². The van der Waals surface area contributed by atoms with Crippen LogP contribution in [-0.2, 0) is 0 Å². The van der Waals surface area contributed by atoms with E-state index in [1.54, 1.807) is 55.6 Å². The number of amides is 1. The lowest BCUT2D eigenvalue weighted by Crippen LogP contribution is -2.29. The predicted octanol–water partition coefficient (Wildman–Crippen LogP) is 2.42. The molecule has 0 atom stereocenters. The van der Waals surface area contributed by atoms with E-state index in [9.17, 15) is 4.79 Å². The van der Waals surface area contributed by atoms with Crippen molar-refractivity contribution >= 4 is 17.6 Å². The minimum absolute atomic E-state index is 0.0262. The Labute approximate surface area is 122 Å². The van der Waals surface area contributed by atoms with E-state index in [1.165, 1.54) is 4.90 Å². The number of rotatable bonds is 3. The first-order valence-corrected chi connectivity index (χ1v) is 6.20. The number of hydrogen-bond acceptors (Lipinski definition) is 4. The van der Waals surface area contributed by atoms with E-state index in [4.69, 9.17) is 15.7 Å². The first kappa shape index (κ1) is 14.4. The molecular formula is C15H15N3O3. The highest BCUT2D eigenvalue weighted by Crippen LogP contribution is 2.17. The molecule has 0 saturated heterocycles. The summed E-state index contributed by atoms with van der Waals surface area (Å²) in [7, 11) is 1.58. The van der Waals surface area contributed by atoms with Crippen molar-refractivity contribution in [2.45, 2.75) is 0 Å². The molecule has 0 aliphatic heterocycles. The van der Waals surface area contributed by atoms with Gasteiger partial charge in [-0.3, -0.25) is 4.90 Å². The minimum Gasteiger partial charge on any atom is -0.410 e. The minimum atomic E-state index is -0.530. The summed E-state index contributed by atoms with van der Waals surface area (Å²) in [6, 6.07) is 15.5. The van der Waals surface area contributed by atoms with Crippen LogP contribution in [0.15, 0.2) is 59.8 Å². The predicted molar refractivity (Wildman–Crippen MR) is 79.8 cm³/mol. The van der Waals surface area contributed by atoms with Crippen LogP contribution in [0.3, 0.4) is 0 Å². The summed E-state index contributed by atoms with van der Waals surface area (Å²) in [5.74, 6) is 0.434. The largest absolute Gasteiger partial charge is 0.419 e. The Hall–Kier alpha value is -3.02. The number of nitrogens with two attached hydrogens (primary N) is 1. The van der Waals surface area contributed by atoms with Gasteiger partial charge in [-0.1, -0.05) is 35.5 Å². The summed E-state index contributed by atoms with van der Waals surface area (Å²) < 4.78 is 5.23. The summed E-state index contributed by atoms with van der Waals surface area (Å²) >= 11 is 0. The highest BCUT2D eigenvalue weighted by Gasteiger charge is 2.14. The first-order valence-electron chi connectivity index (χ1n) is 6.20. The topological polar surface area (TPSA) is 88.2 Å². The molecule has 0 aromatic heterocycles. The first-order chi connectivity index (χ1) is 10.1. The molecule has 108 valence electrons. The number of hydrogen-bond donors (Lipinski definition) is 2. The Balaban J connectivity index is 2.16. The molecule has 2 aromatic carbocycles. The van der Waals surface area contributed by atoms with Gasteiger partial charge in [0.25, 0.3) is 0 Å². The van der Waals surface area contributed by atoms with Crippen LogP contribution >= 0.6 is 0 Å². The van der Waals surface area contributed by atoms with Crippen molar-refractivity contribution in [1.29, 1.82) is 0 Å². The van der Waals surface area contributed by atoms with Crippen molar-refractivity contribution < 1.29 is 14.7 Å². The van der Waals surface area contributed by atoms with Crippen LogP contribution < -0.4 is 15.4 Å². The quantitative estimate of drug-likeness (QED) is 0.392. The number of carbonyl (C=O) groups excluding carboxylic acids is 1. The van der Waals surface area contributed by atoms with Crippen LogP contribution in [0.4, 0.5) is 10.5 Å². The van der Waals surface area contributed by atoms with Gasteiger partial charge in [0, 0.05) is 18.3 Å². The molecule has 0 fully saturated rings. The summed E-state index contributed by atoms with van der Waals surface area (Å²) in [6.07, 6.45) is -0.530. The van der Waals surface area contributed by atoms with Gasteiger partial charge in [-0.15, -0.1) is 0 Å². The van der Waals surface area contributed by atoms with Crippen molar-refractivity contribution in [2.75, 3.05) is 11.9 Å². The third-order valence-corrected chi connectivity index (χ3v) is 2.86. The highest BCUT2D eigenvalue weighted by molar-refractivity contribution is 5.99. The average molecular weight is 285 g/mol. The van der Waals surface area contributed by atoms with E-state index in [0.29, 0.717) is 17.0 Å². The van der Waals surface area contributed by atoms with Crippen molar-refractivity contribution in [3.63, 3.8) is 0 Å². The van der Waals surface area contributed by atoms with Gasteiger partial charge in [0.15, 0.2) is 5.84 Å². The Morgan fingerprint density at radius 3 is 2.57 bits per heavy atom. The average Bonchev–Trinajstić information content (AvgIpc) is 2.54. The molecule has 0 aliphatic carbocycles. The van der Waals surface area contributed by atoms with Crippen LogP contribution in [0.1, 0.15) is 5.56 Å². The zero-order valence-corrected chi connectivity index (χ0v) is 11.4. The molecule has 1 amide bonds. The molecule has 0 unspecified atom stereocenters. The van der Waals surface area contributed by atoms with Crippen LogP contribution in [-0.4, -0.2) is 24.2 Å². The van der Waals surface area contributed by atoms with Gasteiger partial charge < -0.3 is 15.7 Å². The molecule has 21 heavy (non-hydrogen) atoms. The van der Waals surface area contributed by atoms with E-state index < -0.39 is 6.09 Å². The van der Waals surface area contributed by atoms with Gasteiger partial charge in [0.1, 0.15) is 5.75 Å². The second-order valence-electron chi connectivity index (χ2n) is 4.28. The third-order valence-electron chi connectivity index (χ3n) is 2.86. The highest BCUT2D eigenvalue weighted by atomic mass is 16.6. The lowest BCUT2D eigenvalue weighted by atomic mass is 10.2. The van der Waals surface area contributed by atoms with E-state index in [-0.39, 0.29) is 5.84 Å². The fourth-order valence-electron chi connectivity index (χ4n) is 1.69. The Morgan fingerprint density at radius 1 is 1.19 bits per heavy atom. The van der Waals surface area contributed by atoms with E-state index >= 15 is 0 Å². The summed E-state index contributed by atoms with van der Waals surface area (Å²) in [5.41, 5.74) is 6.61. The molecule has 6 heteroatoms. The molecule has 6 nitrogen and oxygen atoms in total. The number of para-hydroxylation sites is 1. The number of amidine groups is 1. The van der Waals surface area contributed by atoms with Gasteiger partial charge in [0.05, 0.1) is 0 Å². The monoisotopic (exact) mass is 285 g/mol. The van der Waals surface area contributed by atoms with Crippen LogP contribution in [0.25, 0.3) is 0 Å². The molecule has 3 N–H and O–H groups in total. The second-order valence-corrected chi connectivity index (χ2v) is 4.28. The Kier molecular flexibility index (Phi) is 4.40. The fraction of sp³-hybridized carbons (Fsp3) is 0.0667. The van der Waals surface area contributed by atoms with Gasteiger partial charge in [-0.25, -0.2) is 4.79 Å². The number of carbonyl (C=O) groups is 1. The molecule has 0 radical (unpaired) electrons. The van der Waals surface area contributed by atoms with E-state index in [1.807, 2.05) is 6.07 Å². The Morgan fingerprint density at radius 2 is 1.90 bits per heavy atom. The smallest absolute Gasteiger partial charge is 0.410 e. The summed E-state index contributed by atoms with van der Waals surface area (Å²) in [5, 5.41) is 11.6. The maximum Gasteiger partial charge on any atom is 0.419 e. The fourth-order valence-corrected chi connectivity index (χ4v) is 1.69. The van der Waals surface area contributed by atoms with Gasteiger partial charge in [-0.05, 0) is 24.3 Å². The van der Waals surface area contributed by atoms with Crippen LogP contribution in [0.5, 0.6) is 5.75 Å². The maximum atomic E-state index is 12.1. The van der Waals surface area contributed by atoms with Crippen LogP contribution in [0, 0.1) is 0 Å². The van der Waals surface area contributed by atoms with Crippen molar-refractivity contribution in [3.05, 3.63) is 60.2 Å². The zero-order chi connectivity index (χ0) is 15.2. The molecular weight excluding hydrogens is 270 g/mol. The SMILES string of the molecule is CN(C(=O)Oc1ccccc1)c1cccc(C(N)=NO)c1. The zero-order valence-electron chi connectivity index (χ0n) is 11.4. The summed E-state index contributed by atoms with van der Waals surface area (Å²) in [4.78, 5) is 13.4. The van der Waals surface area contributed by atoms with Gasteiger partial charge >= 0.3 is 6.09 Å². The molecule has 2 rings (SSSR count). The van der Waals surface area contributed by atoms with Crippen molar-refractivity contribution in [2.24, 2.45) is 10.9 Å². The van der Waals surface area contributed by atoms with Gasteiger partial charge in [0.2, 0.25) is 0 Å². The molecule has 0 aliphatic rings.